The van der Waals surface area contributed by atoms with Crippen molar-refractivity contribution in [1.82, 2.24) is 10.2 Å². The highest BCUT2D eigenvalue weighted by Crippen LogP contribution is 2.34. The van der Waals surface area contributed by atoms with Gasteiger partial charge in [-0.1, -0.05) is 54.6 Å². The number of anilines is 1. The average molecular weight is 518 g/mol. The van der Waals surface area contributed by atoms with Crippen LogP contribution in [-0.2, 0) is 20.8 Å². The van der Waals surface area contributed by atoms with E-state index in [1.165, 1.54) is 23.1 Å². The molecule has 2 N–H and O–H groups in total. The number of halogens is 1. The lowest BCUT2D eigenvalue weighted by Crippen LogP contribution is -2.47. The third-order valence-electron chi connectivity index (χ3n) is 6.69. The molecule has 3 amide bonds. The van der Waals surface area contributed by atoms with Gasteiger partial charge in [-0.15, -0.1) is 0 Å². The molecule has 0 radical (unpaired) electrons. The number of nitrogens with zero attached hydrogens (tertiary/aromatic N) is 1. The molecule has 2 aliphatic heterocycles. The zero-order valence-electron chi connectivity index (χ0n) is 20.6. The van der Waals surface area contributed by atoms with Crippen molar-refractivity contribution in [3.8, 4) is 0 Å². The maximum absolute atomic E-state index is 14.0. The van der Waals surface area contributed by atoms with E-state index in [1.807, 2.05) is 30.3 Å². The summed E-state index contributed by atoms with van der Waals surface area (Å²) in [6.45, 7) is 1.25. The second-order valence-corrected chi connectivity index (χ2v) is 9.30. The van der Waals surface area contributed by atoms with Gasteiger partial charge in [0.15, 0.2) is 12.1 Å². The lowest BCUT2D eigenvalue weighted by atomic mass is 10.00. The molecule has 196 valence electrons. The van der Waals surface area contributed by atoms with Gasteiger partial charge in [-0.05, 0) is 48.2 Å². The molecule has 38 heavy (non-hydrogen) atoms. The fourth-order valence-electron chi connectivity index (χ4n) is 4.71. The lowest BCUT2D eigenvalue weighted by Gasteiger charge is -2.25. The van der Waals surface area contributed by atoms with E-state index in [4.69, 9.17) is 9.47 Å². The number of nitrogens with one attached hydrogen (secondary N) is 2. The average Bonchev–Trinajstić information content (AvgIpc) is 3.57. The summed E-state index contributed by atoms with van der Waals surface area (Å²) in [7, 11) is 0. The van der Waals surface area contributed by atoms with Gasteiger partial charge in [-0.25, -0.2) is 9.18 Å². The molecule has 0 saturated carbocycles. The maximum Gasteiger partial charge on any atom is 0.411 e. The summed E-state index contributed by atoms with van der Waals surface area (Å²) < 4.78 is 25.3. The van der Waals surface area contributed by atoms with Gasteiger partial charge in [0, 0.05) is 18.8 Å². The fourth-order valence-corrected chi connectivity index (χ4v) is 4.71. The molecular weight excluding hydrogens is 489 g/mol. The summed E-state index contributed by atoms with van der Waals surface area (Å²) in [4.78, 5) is 40.2. The van der Waals surface area contributed by atoms with Crippen molar-refractivity contribution < 1.29 is 28.2 Å². The van der Waals surface area contributed by atoms with E-state index in [1.54, 1.807) is 30.3 Å². The maximum atomic E-state index is 14.0. The summed E-state index contributed by atoms with van der Waals surface area (Å²) >= 11 is 0. The number of ether oxygens (including phenoxy) is 2. The van der Waals surface area contributed by atoms with Crippen molar-refractivity contribution in [3.63, 3.8) is 0 Å². The van der Waals surface area contributed by atoms with Crippen LogP contribution in [-0.4, -0.2) is 48.1 Å². The van der Waals surface area contributed by atoms with Crippen molar-refractivity contribution >= 4 is 23.6 Å². The quantitative estimate of drug-likeness (QED) is 0.461. The molecule has 0 spiro atoms. The number of hydrogen-bond donors (Lipinski definition) is 2. The predicted octanol–water partition coefficient (Wildman–Crippen LogP) is 4.44. The molecule has 2 heterocycles. The van der Waals surface area contributed by atoms with E-state index in [0.29, 0.717) is 24.4 Å². The minimum atomic E-state index is -0.900. The number of cyclic esters (lactones) is 1. The van der Waals surface area contributed by atoms with Gasteiger partial charge >= 0.3 is 6.09 Å². The van der Waals surface area contributed by atoms with Crippen molar-refractivity contribution in [2.24, 2.45) is 0 Å². The molecule has 3 unspecified atom stereocenters. The molecule has 0 aliphatic carbocycles. The Morgan fingerprint density at radius 1 is 0.974 bits per heavy atom. The molecule has 0 bridgehead atoms. The van der Waals surface area contributed by atoms with Crippen LogP contribution in [0.5, 0.6) is 0 Å². The minimum Gasteiger partial charge on any atom is -0.438 e. The van der Waals surface area contributed by atoms with Crippen LogP contribution in [0.1, 0.15) is 40.4 Å². The molecule has 2 saturated heterocycles. The normalized spacial score (nSPS) is 20.7. The SMILES string of the molecule is O=C(Nc1ccc(C2OC(=O)N(Cc3ccccc3)C2C(=O)NCC2CCCO2)cc1)c1ccccc1F. The smallest absolute Gasteiger partial charge is 0.411 e. The number of amides is 3. The van der Waals surface area contributed by atoms with Crippen molar-refractivity contribution in [2.75, 3.05) is 18.5 Å². The molecule has 8 nitrogen and oxygen atoms in total. The largest absolute Gasteiger partial charge is 0.438 e. The van der Waals surface area contributed by atoms with Crippen LogP contribution >= 0.6 is 0 Å². The first-order valence-electron chi connectivity index (χ1n) is 12.6. The van der Waals surface area contributed by atoms with Crippen molar-refractivity contribution in [3.05, 3.63) is 101 Å². The van der Waals surface area contributed by atoms with E-state index < -0.39 is 30.0 Å². The monoisotopic (exact) mass is 517 g/mol. The van der Waals surface area contributed by atoms with Gasteiger partial charge in [-0.3, -0.25) is 14.5 Å². The fraction of sp³-hybridized carbons (Fsp3) is 0.276. The summed E-state index contributed by atoms with van der Waals surface area (Å²) in [5.74, 6) is -1.53. The Balaban J connectivity index is 1.34. The molecular formula is C29H28FN3O5. The Morgan fingerprint density at radius 3 is 2.42 bits per heavy atom. The topological polar surface area (TPSA) is 97.0 Å². The van der Waals surface area contributed by atoms with E-state index in [-0.39, 0.29) is 24.1 Å². The minimum absolute atomic E-state index is 0.0460. The molecule has 3 aromatic carbocycles. The third kappa shape index (κ3) is 5.68. The molecule has 3 aromatic rings. The van der Waals surface area contributed by atoms with Gasteiger partial charge < -0.3 is 20.1 Å². The highest BCUT2D eigenvalue weighted by atomic mass is 19.1. The number of rotatable bonds is 8. The number of carbonyl (C=O) groups excluding carboxylic acids is 3. The van der Waals surface area contributed by atoms with E-state index in [9.17, 15) is 18.8 Å². The third-order valence-corrected chi connectivity index (χ3v) is 6.69. The van der Waals surface area contributed by atoms with Crippen molar-refractivity contribution in [1.29, 1.82) is 0 Å². The van der Waals surface area contributed by atoms with Crippen LogP contribution in [0.3, 0.4) is 0 Å². The second kappa shape index (κ2) is 11.4. The standard InChI is InChI=1S/C29H28FN3O5/c30-24-11-5-4-10-23(24)27(34)32-21-14-12-20(13-15-21)26-25(28(35)31-17-22-9-6-16-37-22)33(29(36)38-26)18-19-7-2-1-3-8-19/h1-5,7-8,10-15,22,25-26H,6,9,16-18H2,(H,31,35)(H,32,34). The van der Waals surface area contributed by atoms with E-state index >= 15 is 0 Å². The Morgan fingerprint density at radius 2 is 1.71 bits per heavy atom. The Hall–Kier alpha value is -4.24. The lowest BCUT2D eigenvalue weighted by molar-refractivity contribution is -0.126. The van der Waals surface area contributed by atoms with Gasteiger partial charge in [0.05, 0.1) is 18.2 Å². The van der Waals surface area contributed by atoms with Gasteiger partial charge in [0.25, 0.3) is 5.91 Å². The number of carbonyl (C=O) groups is 3. The summed E-state index contributed by atoms with van der Waals surface area (Å²) in [5, 5.41) is 5.60. The van der Waals surface area contributed by atoms with Crippen molar-refractivity contribution in [2.45, 2.75) is 37.6 Å². The number of hydrogen-bond acceptors (Lipinski definition) is 5. The Kier molecular flexibility index (Phi) is 7.65. The van der Waals surface area contributed by atoms with Crippen LogP contribution < -0.4 is 10.6 Å². The first-order valence-corrected chi connectivity index (χ1v) is 12.6. The van der Waals surface area contributed by atoms with Crippen LogP contribution in [0.25, 0.3) is 0 Å². The second-order valence-electron chi connectivity index (χ2n) is 9.30. The van der Waals surface area contributed by atoms with Crippen LogP contribution in [0.4, 0.5) is 14.9 Å². The summed E-state index contributed by atoms with van der Waals surface area (Å²) in [5.41, 5.74) is 1.83. The first-order chi connectivity index (χ1) is 18.5. The predicted molar refractivity (Wildman–Crippen MR) is 138 cm³/mol. The highest BCUT2D eigenvalue weighted by molar-refractivity contribution is 6.04. The molecule has 9 heteroatoms. The molecule has 0 aromatic heterocycles. The Bertz CT molecular complexity index is 1300. The van der Waals surface area contributed by atoms with Gasteiger partial charge in [0.1, 0.15) is 5.82 Å². The van der Waals surface area contributed by atoms with Gasteiger partial charge in [-0.2, -0.15) is 0 Å². The number of benzene rings is 3. The Labute approximate surface area is 219 Å². The van der Waals surface area contributed by atoms with Crippen LogP contribution in [0.15, 0.2) is 78.9 Å². The summed E-state index contributed by atoms with van der Waals surface area (Å²) in [6, 6.07) is 20.8. The van der Waals surface area contributed by atoms with Gasteiger partial charge in [0.2, 0.25) is 5.91 Å². The zero-order chi connectivity index (χ0) is 26.5. The molecule has 5 rings (SSSR count). The first kappa shape index (κ1) is 25.4. The summed E-state index contributed by atoms with van der Waals surface area (Å²) in [6.07, 6.45) is 0.335. The van der Waals surface area contributed by atoms with E-state index in [0.717, 1.165) is 18.4 Å². The zero-order valence-corrected chi connectivity index (χ0v) is 20.6. The van der Waals surface area contributed by atoms with Crippen LogP contribution in [0, 0.1) is 5.82 Å². The molecule has 2 fully saturated rings. The van der Waals surface area contributed by atoms with E-state index in [2.05, 4.69) is 10.6 Å². The highest BCUT2D eigenvalue weighted by Gasteiger charge is 2.47. The molecule has 2 aliphatic rings. The molecule has 3 atom stereocenters. The van der Waals surface area contributed by atoms with Crippen LogP contribution in [0.2, 0.25) is 0 Å².